The topological polar surface area (TPSA) is 29.5 Å². The molecule has 0 fully saturated rings. The molecule has 0 saturated heterocycles. The fourth-order valence-corrected chi connectivity index (χ4v) is 11.4. The highest BCUT2D eigenvalue weighted by atomic mass is 16.3. The predicted molar refractivity (Wildman–Crippen MR) is 253 cm³/mol. The Morgan fingerprint density at radius 3 is 1.90 bits per heavy atom. The van der Waals surface area contributed by atoms with Gasteiger partial charge in [0.05, 0.1) is 11.1 Å². The van der Waals surface area contributed by atoms with Crippen molar-refractivity contribution in [3.05, 3.63) is 197 Å². The first-order chi connectivity index (χ1) is 29.8. The average molecular weight is 786 g/mol. The maximum Gasteiger partial charge on any atom is 0.144 e. The molecule has 3 aliphatic rings. The lowest BCUT2D eigenvalue weighted by atomic mass is 9.81. The van der Waals surface area contributed by atoms with Crippen LogP contribution in [0.2, 0.25) is 0 Å². The van der Waals surface area contributed by atoms with Crippen LogP contribution in [-0.2, 0) is 17.3 Å². The van der Waals surface area contributed by atoms with Crippen molar-refractivity contribution in [2.45, 2.75) is 51.4 Å². The van der Waals surface area contributed by atoms with E-state index in [9.17, 15) is 0 Å². The first-order valence-corrected chi connectivity index (χ1v) is 21.6. The van der Waals surface area contributed by atoms with Crippen molar-refractivity contribution in [1.82, 2.24) is 0 Å². The van der Waals surface area contributed by atoms with E-state index in [1.165, 1.54) is 61.3 Å². The van der Waals surface area contributed by atoms with Crippen molar-refractivity contribution < 1.29 is 8.83 Å². The number of benzene rings is 8. The summed E-state index contributed by atoms with van der Waals surface area (Å²) in [4.78, 5) is 2.51. The van der Waals surface area contributed by atoms with Gasteiger partial charge in [0.2, 0.25) is 0 Å². The summed E-state index contributed by atoms with van der Waals surface area (Å²) in [7, 11) is 0. The molecular weight excluding hydrogens is 743 g/mol. The average Bonchev–Trinajstić information content (AvgIpc) is 3.98. The molecule has 0 spiro atoms. The Balaban J connectivity index is 1.10. The lowest BCUT2D eigenvalue weighted by molar-refractivity contribution is 0.660. The van der Waals surface area contributed by atoms with Gasteiger partial charge < -0.3 is 13.7 Å². The highest BCUT2D eigenvalue weighted by molar-refractivity contribution is 6.26. The molecule has 13 rings (SSSR count). The normalized spacial score (nSPS) is 15.4. The van der Waals surface area contributed by atoms with Gasteiger partial charge in [-0.2, -0.15) is 0 Å². The van der Waals surface area contributed by atoms with Crippen molar-refractivity contribution in [1.29, 1.82) is 0 Å². The van der Waals surface area contributed by atoms with Gasteiger partial charge in [0, 0.05) is 49.5 Å². The number of fused-ring (bicyclic) bond motifs is 13. The highest BCUT2D eigenvalue weighted by Crippen LogP contribution is 2.55. The standard InChI is InChI=1S/C58H43NO2/c1-57(2)44-21-10-7-18-38(44)40-29-27-35(31-46(40)57)53-55-42-20-9-12-25-50(42)60-52(55)33-43-54-49(24-14-26-51(54)61-56(43)53)59(48-23-13-16-34-15-5-6-17-37(34)48)36-28-30-41-39-19-8-11-22-45(39)58(3,4)47(41)32-36/h5-12,14-15,17-33H,13,16H2,1-4H3. The van der Waals surface area contributed by atoms with E-state index in [1.54, 1.807) is 0 Å². The minimum Gasteiger partial charge on any atom is -0.456 e. The number of aryl methyl sites for hydroxylation is 1. The number of allylic oxidation sites excluding steroid dienone is 1. The van der Waals surface area contributed by atoms with Gasteiger partial charge in [-0.15, -0.1) is 0 Å². The van der Waals surface area contributed by atoms with Crippen LogP contribution < -0.4 is 4.90 Å². The van der Waals surface area contributed by atoms with E-state index in [4.69, 9.17) is 8.83 Å². The Hall–Kier alpha value is -7.10. The van der Waals surface area contributed by atoms with Crippen molar-refractivity contribution in [3.8, 4) is 33.4 Å². The molecule has 0 unspecified atom stereocenters. The zero-order chi connectivity index (χ0) is 40.8. The first kappa shape index (κ1) is 34.7. The van der Waals surface area contributed by atoms with E-state index >= 15 is 0 Å². The van der Waals surface area contributed by atoms with Crippen molar-refractivity contribution in [2.75, 3.05) is 4.90 Å². The molecule has 2 heterocycles. The van der Waals surface area contributed by atoms with Crippen LogP contribution in [0.1, 0.15) is 67.5 Å². The number of anilines is 2. The van der Waals surface area contributed by atoms with Gasteiger partial charge in [-0.1, -0.05) is 149 Å². The van der Waals surface area contributed by atoms with E-state index in [-0.39, 0.29) is 10.8 Å². The fraction of sp³-hybridized carbons (Fsp3) is 0.138. The number of rotatable bonds is 4. The minimum atomic E-state index is -0.148. The Bertz CT molecular complexity index is 3550. The van der Waals surface area contributed by atoms with Gasteiger partial charge in [0.1, 0.15) is 22.3 Å². The summed E-state index contributed by atoms with van der Waals surface area (Å²) in [6.45, 7) is 9.43. The van der Waals surface area contributed by atoms with Crippen LogP contribution in [0.15, 0.2) is 173 Å². The van der Waals surface area contributed by atoms with E-state index in [0.29, 0.717) is 0 Å². The monoisotopic (exact) mass is 785 g/mol. The number of hydrogen-bond donors (Lipinski definition) is 0. The second-order valence-corrected chi connectivity index (χ2v) is 18.3. The van der Waals surface area contributed by atoms with Crippen LogP contribution in [0.5, 0.6) is 0 Å². The van der Waals surface area contributed by atoms with Crippen molar-refractivity contribution in [2.24, 2.45) is 0 Å². The number of para-hydroxylation sites is 1. The third kappa shape index (κ3) is 4.69. The molecule has 0 atom stereocenters. The fourth-order valence-electron chi connectivity index (χ4n) is 11.4. The molecule has 10 aromatic rings. The molecule has 292 valence electrons. The van der Waals surface area contributed by atoms with Crippen LogP contribution in [-0.4, -0.2) is 0 Å². The molecule has 0 bridgehead atoms. The SMILES string of the molecule is CC1(C)c2ccccc2-c2ccc(-c3c4oc5cccc(N(C6=CCCc7ccccc76)c6ccc7c(c6)C(C)(C)c6ccccc6-7)c5c4cc4oc5ccccc5c34)cc21. The van der Waals surface area contributed by atoms with Gasteiger partial charge in [-0.3, -0.25) is 0 Å². The van der Waals surface area contributed by atoms with Crippen molar-refractivity contribution >= 4 is 60.9 Å². The van der Waals surface area contributed by atoms with E-state index in [2.05, 4.69) is 196 Å². The van der Waals surface area contributed by atoms with Crippen LogP contribution in [0, 0.1) is 0 Å². The lowest BCUT2D eigenvalue weighted by Gasteiger charge is -2.33. The van der Waals surface area contributed by atoms with Gasteiger partial charge in [-0.05, 0) is 111 Å². The van der Waals surface area contributed by atoms with Gasteiger partial charge in [0.15, 0.2) is 0 Å². The number of nitrogens with zero attached hydrogens (tertiary/aromatic N) is 1. The van der Waals surface area contributed by atoms with Crippen molar-refractivity contribution in [3.63, 3.8) is 0 Å². The quantitative estimate of drug-likeness (QED) is 0.178. The maximum absolute atomic E-state index is 7.24. The lowest BCUT2D eigenvalue weighted by Crippen LogP contribution is -2.20. The molecule has 61 heavy (non-hydrogen) atoms. The van der Waals surface area contributed by atoms with Crippen LogP contribution in [0.4, 0.5) is 11.4 Å². The molecule has 3 aliphatic carbocycles. The molecule has 3 heteroatoms. The molecule has 0 amide bonds. The minimum absolute atomic E-state index is 0.144. The zero-order valence-electron chi connectivity index (χ0n) is 34.8. The summed E-state index contributed by atoms with van der Waals surface area (Å²) in [5, 5.41) is 4.28. The highest BCUT2D eigenvalue weighted by Gasteiger charge is 2.38. The molecule has 2 aromatic heterocycles. The predicted octanol–water partition coefficient (Wildman–Crippen LogP) is 15.9. The number of hydrogen-bond acceptors (Lipinski definition) is 3. The summed E-state index contributed by atoms with van der Waals surface area (Å²) in [6, 6.07) is 58.1. The van der Waals surface area contributed by atoms with Gasteiger partial charge >= 0.3 is 0 Å². The largest absolute Gasteiger partial charge is 0.456 e. The third-order valence-electron chi connectivity index (χ3n) is 14.3. The molecular formula is C58H43NO2. The summed E-state index contributed by atoms with van der Waals surface area (Å²) < 4.78 is 14.1. The molecule has 0 aliphatic heterocycles. The molecule has 0 radical (unpaired) electrons. The summed E-state index contributed by atoms with van der Waals surface area (Å²) >= 11 is 0. The van der Waals surface area contributed by atoms with E-state index in [0.717, 1.165) is 79.2 Å². The molecule has 0 N–H and O–H groups in total. The van der Waals surface area contributed by atoms with E-state index < -0.39 is 0 Å². The van der Waals surface area contributed by atoms with Crippen LogP contribution in [0.25, 0.3) is 83.0 Å². The second kappa shape index (κ2) is 12.2. The maximum atomic E-state index is 7.24. The van der Waals surface area contributed by atoms with E-state index in [1.807, 2.05) is 0 Å². The van der Waals surface area contributed by atoms with Crippen LogP contribution in [0.3, 0.4) is 0 Å². The Labute approximate surface area is 355 Å². The smallest absolute Gasteiger partial charge is 0.144 e. The first-order valence-electron chi connectivity index (χ1n) is 21.6. The van der Waals surface area contributed by atoms with Gasteiger partial charge in [0.25, 0.3) is 0 Å². The Morgan fingerprint density at radius 2 is 1.11 bits per heavy atom. The Kier molecular flexibility index (Phi) is 6.97. The zero-order valence-corrected chi connectivity index (χ0v) is 34.8. The molecule has 0 saturated carbocycles. The van der Waals surface area contributed by atoms with Gasteiger partial charge in [-0.25, -0.2) is 0 Å². The third-order valence-corrected chi connectivity index (χ3v) is 14.3. The van der Waals surface area contributed by atoms with Crippen LogP contribution >= 0.6 is 0 Å². The summed E-state index contributed by atoms with van der Waals surface area (Å²) in [6.07, 6.45) is 4.42. The second-order valence-electron chi connectivity index (χ2n) is 18.3. The Morgan fingerprint density at radius 1 is 0.475 bits per heavy atom. The summed E-state index contributed by atoms with van der Waals surface area (Å²) in [5.41, 5.74) is 22.1. The molecule has 8 aromatic carbocycles. The summed E-state index contributed by atoms with van der Waals surface area (Å²) in [5.74, 6) is 0. The molecule has 3 nitrogen and oxygen atoms in total. The number of furan rings is 2.